The van der Waals surface area contributed by atoms with Crippen LogP contribution in [0.15, 0.2) is 0 Å². The summed E-state index contributed by atoms with van der Waals surface area (Å²) in [6.07, 6.45) is 10.1. The molecule has 1 saturated carbocycles. The molecule has 88 valence electrons. The zero-order chi connectivity index (χ0) is 10.7. The Kier molecular flexibility index (Phi) is 4.91. The van der Waals surface area contributed by atoms with E-state index < -0.39 is 0 Å². The number of unbranched alkanes of at least 4 members (excludes halogenated alkanes) is 1. The zero-order valence-corrected chi connectivity index (χ0v) is 13.4. The highest BCUT2D eigenvalue weighted by Crippen LogP contribution is 2.32. The molecule has 0 aromatic heterocycles. The second-order valence-corrected chi connectivity index (χ2v) is 7.86. The first-order valence-electron chi connectivity index (χ1n) is 6.47. The van der Waals surface area contributed by atoms with E-state index in [1.54, 1.807) is 0 Å². The Hall–Kier alpha value is 0.867. The van der Waals surface area contributed by atoms with Crippen molar-refractivity contribution in [1.82, 2.24) is 9.13 Å². The lowest BCUT2D eigenvalue weighted by atomic mass is 9.96. The van der Waals surface area contributed by atoms with Gasteiger partial charge in [0.2, 0.25) is 0 Å². The lowest BCUT2D eigenvalue weighted by molar-refractivity contribution is 0.114. The molecule has 1 aliphatic carbocycles. The maximum absolute atomic E-state index is 2.84. The Labute approximate surface area is 110 Å². The first-order chi connectivity index (χ1) is 7.33. The summed E-state index contributed by atoms with van der Waals surface area (Å²) in [4.78, 5) is 0. The molecular formula is C11H23IN2Si. The van der Waals surface area contributed by atoms with Gasteiger partial charge < -0.3 is 0 Å². The molecule has 1 atom stereocenters. The van der Waals surface area contributed by atoms with Crippen LogP contribution in [0.1, 0.15) is 51.9 Å². The standard InChI is InChI=1S/C11H23IN2Si/c1-2-3-9-13-11(12)14(15-13)10-7-5-4-6-8-10/h10-11H,2-9,15H2,1H3. The number of halogens is 1. The van der Waals surface area contributed by atoms with Crippen molar-refractivity contribution in [3.05, 3.63) is 0 Å². The van der Waals surface area contributed by atoms with E-state index in [0.717, 1.165) is 10.2 Å². The summed E-state index contributed by atoms with van der Waals surface area (Å²) in [6.45, 7) is 3.65. The SMILES string of the molecule is CCCCN1[SiH2]N(C2CCCCC2)C1I. The lowest BCUT2D eigenvalue weighted by Crippen LogP contribution is -2.67. The van der Waals surface area contributed by atoms with E-state index in [4.69, 9.17) is 0 Å². The first kappa shape index (κ1) is 12.3. The first-order valence-corrected chi connectivity index (χ1v) is 8.98. The summed E-state index contributed by atoms with van der Waals surface area (Å²) in [6, 6.07) is 0.963. The van der Waals surface area contributed by atoms with Gasteiger partial charge in [-0.25, -0.2) is 0 Å². The van der Waals surface area contributed by atoms with Crippen LogP contribution in [-0.2, 0) is 0 Å². The molecule has 15 heavy (non-hydrogen) atoms. The molecule has 0 aromatic rings. The van der Waals surface area contributed by atoms with Crippen molar-refractivity contribution in [3.63, 3.8) is 0 Å². The molecule has 0 aromatic carbocycles. The molecule has 1 heterocycles. The third kappa shape index (κ3) is 2.95. The van der Waals surface area contributed by atoms with Crippen LogP contribution in [0.3, 0.4) is 0 Å². The van der Waals surface area contributed by atoms with Crippen LogP contribution in [-0.4, -0.2) is 35.7 Å². The summed E-state index contributed by atoms with van der Waals surface area (Å²) in [5.74, 6) is 0. The van der Waals surface area contributed by atoms with Crippen molar-refractivity contribution in [1.29, 1.82) is 0 Å². The quantitative estimate of drug-likeness (QED) is 0.336. The van der Waals surface area contributed by atoms with Gasteiger partial charge in [0, 0.05) is 6.04 Å². The van der Waals surface area contributed by atoms with Crippen molar-refractivity contribution in [3.8, 4) is 0 Å². The molecule has 2 aliphatic rings. The topological polar surface area (TPSA) is 6.48 Å². The molecule has 1 unspecified atom stereocenters. The van der Waals surface area contributed by atoms with E-state index in [1.165, 1.54) is 51.5 Å². The van der Waals surface area contributed by atoms with E-state index in [2.05, 4.69) is 38.6 Å². The zero-order valence-electron chi connectivity index (χ0n) is 9.79. The average molecular weight is 338 g/mol. The summed E-state index contributed by atoms with van der Waals surface area (Å²) < 4.78 is 6.34. The molecule has 1 aliphatic heterocycles. The smallest absolute Gasteiger partial charge is 0.176 e. The van der Waals surface area contributed by atoms with Crippen LogP contribution in [0.4, 0.5) is 0 Å². The Balaban J connectivity index is 1.72. The normalized spacial score (nSPS) is 32.0. The van der Waals surface area contributed by atoms with E-state index in [0.29, 0.717) is 0 Å². The highest BCUT2D eigenvalue weighted by molar-refractivity contribution is 14.1. The van der Waals surface area contributed by atoms with Crippen LogP contribution < -0.4 is 0 Å². The third-order valence-electron chi connectivity index (χ3n) is 3.76. The van der Waals surface area contributed by atoms with Gasteiger partial charge in [-0.2, -0.15) is 0 Å². The van der Waals surface area contributed by atoms with Crippen LogP contribution >= 0.6 is 22.6 Å². The molecule has 0 amide bonds. The van der Waals surface area contributed by atoms with E-state index in [9.17, 15) is 0 Å². The molecule has 2 fully saturated rings. The maximum Gasteiger partial charge on any atom is 0.176 e. The molecule has 4 heteroatoms. The van der Waals surface area contributed by atoms with E-state index in [-0.39, 0.29) is 9.84 Å². The third-order valence-corrected chi connectivity index (χ3v) is 8.97. The van der Waals surface area contributed by atoms with Crippen molar-refractivity contribution in [2.45, 2.75) is 62.1 Å². The van der Waals surface area contributed by atoms with Gasteiger partial charge in [-0.15, -0.1) is 0 Å². The second kappa shape index (κ2) is 5.98. The minimum Gasteiger partial charge on any atom is -0.293 e. The Bertz CT molecular complexity index is 197. The fourth-order valence-electron chi connectivity index (χ4n) is 2.70. The van der Waals surface area contributed by atoms with Gasteiger partial charge in [0.25, 0.3) is 0 Å². The van der Waals surface area contributed by atoms with Crippen LogP contribution in [0.2, 0.25) is 0 Å². The Morgan fingerprint density at radius 1 is 1.27 bits per heavy atom. The minimum atomic E-state index is -0.0205. The number of hydrogen-bond donors (Lipinski definition) is 0. The number of alkyl halides is 1. The molecule has 2 rings (SSSR count). The van der Waals surface area contributed by atoms with Gasteiger partial charge in [0.1, 0.15) is 4.17 Å². The van der Waals surface area contributed by atoms with Crippen LogP contribution in [0.5, 0.6) is 0 Å². The van der Waals surface area contributed by atoms with Crippen LogP contribution in [0.25, 0.3) is 0 Å². The minimum absolute atomic E-state index is 0.0205. The molecule has 1 saturated heterocycles. The summed E-state index contributed by atoms with van der Waals surface area (Å²) in [7, 11) is -0.0205. The van der Waals surface area contributed by atoms with Gasteiger partial charge in [-0.3, -0.25) is 9.13 Å². The van der Waals surface area contributed by atoms with Gasteiger partial charge in [-0.1, -0.05) is 32.6 Å². The molecule has 2 nitrogen and oxygen atoms in total. The monoisotopic (exact) mass is 338 g/mol. The average Bonchev–Trinajstić information content (AvgIpc) is 2.29. The second-order valence-electron chi connectivity index (χ2n) is 4.92. The van der Waals surface area contributed by atoms with Crippen molar-refractivity contribution >= 4 is 32.4 Å². The van der Waals surface area contributed by atoms with Gasteiger partial charge in [0.15, 0.2) is 9.84 Å². The van der Waals surface area contributed by atoms with Gasteiger partial charge in [-0.05, 0) is 48.4 Å². The van der Waals surface area contributed by atoms with Gasteiger partial charge >= 0.3 is 0 Å². The molecule has 0 radical (unpaired) electrons. The summed E-state index contributed by atoms with van der Waals surface area (Å²) in [5, 5.41) is 0. The number of rotatable bonds is 4. The summed E-state index contributed by atoms with van der Waals surface area (Å²) >= 11 is 2.65. The largest absolute Gasteiger partial charge is 0.293 e. The van der Waals surface area contributed by atoms with Gasteiger partial charge in [0.05, 0.1) is 0 Å². The maximum atomic E-state index is 2.84. The molecule has 0 N–H and O–H groups in total. The fourth-order valence-corrected chi connectivity index (χ4v) is 6.27. The van der Waals surface area contributed by atoms with Crippen LogP contribution in [0, 0.1) is 0 Å². The fraction of sp³-hybridized carbons (Fsp3) is 1.00. The van der Waals surface area contributed by atoms with E-state index in [1.807, 2.05) is 0 Å². The Morgan fingerprint density at radius 3 is 2.60 bits per heavy atom. The summed E-state index contributed by atoms with van der Waals surface area (Å²) in [5.41, 5.74) is 0. The number of nitrogens with zero attached hydrogens (tertiary/aromatic N) is 2. The van der Waals surface area contributed by atoms with Crippen molar-refractivity contribution in [2.24, 2.45) is 0 Å². The van der Waals surface area contributed by atoms with Crippen molar-refractivity contribution < 1.29 is 0 Å². The molecule has 0 bridgehead atoms. The van der Waals surface area contributed by atoms with Crippen molar-refractivity contribution in [2.75, 3.05) is 6.54 Å². The predicted octanol–water partition coefficient (Wildman–Crippen LogP) is 2.45. The van der Waals surface area contributed by atoms with E-state index >= 15 is 0 Å². The Morgan fingerprint density at radius 2 is 2.00 bits per heavy atom. The molecular weight excluding hydrogens is 315 g/mol. The highest BCUT2D eigenvalue weighted by Gasteiger charge is 2.38. The molecule has 0 spiro atoms. The predicted molar refractivity (Wildman–Crippen MR) is 76.7 cm³/mol. The highest BCUT2D eigenvalue weighted by atomic mass is 127. The lowest BCUT2D eigenvalue weighted by Gasteiger charge is -2.52. The number of hydrogen-bond acceptors (Lipinski definition) is 2.